The van der Waals surface area contributed by atoms with Crippen molar-refractivity contribution in [3.8, 4) is 0 Å². The Hall–Kier alpha value is -2.69. The quantitative estimate of drug-likeness (QED) is 0.780. The van der Waals surface area contributed by atoms with Gasteiger partial charge in [-0.25, -0.2) is 4.98 Å². The van der Waals surface area contributed by atoms with E-state index in [4.69, 9.17) is 0 Å². The Balaban J connectivity index is 0.000000276. The Labute approximate surface area is 135 Å². The molecule has 5 nitrogen and oxygen atoms in total. The minimum Gasteiger partial charge on any atom is -0.359 e. The van der Waals surface area contributed by atoms with Crippen LogP contribution in [0, 0.1) is 0 Å². The van der Waals surface area contributed by atoms with Crippen molar-refractivity contribution < 1.29 is 9.59 Å². The van der Waals surface area contributed by atoms with Crippen molar-refractivity contribution in [2.75, 3.05) is 12.4 Å². The van der Waals surface area contributed by atoms with E-state index in [0.717, 1.165) is 24.2 Å². The normalized spacial score (nSPS) is 16.0. The van der Waals surface area contributed by atoms with E-state index in [-0.39, 0.29) is 11.8 Å². The molecule has 0 saturated heterocycles. The summed E-state index contributed by atoms with van der Waals surface area (Å²) in [5.41, 5.74) is 3.19. The lowest BCUT2D eigenvalue weighted by atomic mass is 9.79. The fourth-order valence-electron chi connectivity index (χ4n) is 3.21. The number of carbonyl (C=O) groups excluding carboxylic acids is 2. The number of aromatic nitrogens is 1. The SMILES string of the molecule is CNC(C)=O.O=C1Nc2ncccc2C12Cc1ccccc1C2. The van der Waals surface area contributed by atoms with E-state index in [9.17, 15) is 9.59 Å². The maximum absolute atomic E-state index is 12.4. The smallest absolute Gasteiger partial charge is 0.237 e. The molecule has 2 amide bonds. The van der Waals surface area contributed by atoms with Crippen LogP contribution in [0.2, 0.25) is 0 Å². The number of amides is 2. The second kappa shape index (κ2) is 5.83. The van der Waals surface area contributed by atoms with Crippen LogP contribution in [0.25, 0.3) is 0 Å². The van der Waals surface area contributed by atoms with Crippen LogP contribution in [0.15, 0.2) is 42.6 Å². The molecule has 1 aromatic heterocycles. The highest BCUT2D eigenvalue weighted by molar-refractivity contribution is 6.06. The molecule has 5 heteroatoms. The third-order valence-corrected chi connectivity index (χ3v) is 4.44. The Morgan fingerprint density at radius 2 is 1.78 bits per heavy atom. The van der Waals surface area contributed by atoms with Gasteiger partial charge in [-0.15, -0.1) is 0 Å². The van der Waals surface area contributed by atoms with Gasteiger partial charge in [0.25, 0.3) is 0 Å². The average molecular weight is 309 g/mol. The first-order chi connectivity index (χ1) is 11.1. The third kappa shape index (κ3) is 2.59. The lowest BCUT2D eigenvalue weighted by Gasteiger charge is -2.20. The summed E-state index contributed by atoms with van der Waals surface area (Å²) in [5, 5.41) is 5.30. The molecule has 23 heavy (non-hydrogen) atoms. The van der Waals surface area contributed by atoms with Crippen LogP contribution in [-0.4, -0.2) is 23.8 Å². The van der Waals surface area contributed by atoms with E-state index in [1.165, 1.54) is 18.1 Å². The molecule has 0 saturated carbocycles. The van der Waals surface area contributed by atoms with Gasteiger partial charge < -0.3 is 10.6 Å². The van der Waals surface area contributed by atoms with Gasteiger partial charge in [-0.05, 0) is 30.0 Å². The molecule has 1 aromatic carbocycles. The number of fused-ring (bicyclic) bond motifs is 3. The van der Waals surface area contributed by atoms with Crippen LogP contribution in [0.5, 0.6) is 0 Å². The molecule has 4 rings (SSSR count). The number of nitrogens with one attached hydrogen (secondary N) is 2. The molecule has 2 N–H and O–H groups in total. The zero-order valence-corrected chi connectivity index (χ0v) is 13.2. The van der Waals surface area contributed by atoms with Crippen LogP contribution in [-0.2, 0) is 27.8 Å². The van der Waals surface area contributed by atoms with E-state index in [0.29, 0.717) is 0 Å². The van der Waals surface area contributed by atoms with Gasteiger partial charge in [-0.1, -0.05) is 30.3 Å². The van der Waals surface area contributed by atoms with Crippen molar-refractivity contribution in [1.82, 2.24) is 10.3 Å². The second-order valence-electron chi connectivity index (χ2n) is 5.86. The Bertz CT molecular complexity index is 745. The molecule has 0 bridgehead atoms. The topological polar surface area (TPSA) is 71.1 Å². The van der Waals surface area contributed by atoms with E-state index >= 15 is 0 Å². The first-order valence-electron chi connectivity index (χ1n) is 7.59. The highest BCUT2D eigenvalue weighted by Gasteiger charge is 2.50. The van der Waals surface area contributed by atoms with Crippen LogP contribution in [0.4, 0.5) is 5.82 Å². The number of rotatable bonds is 0. The average Bonchev–Trinajstić information content (AvgIpc) is 3.07. The van der Waals surface area contributed by atoms with Crippen molar-refractivity contribution in [2.24, 2.45) is 0 Å². The lowest BCUT2D eigenvalue weighted by molar-refractivity contribution is -0.120. The minimum atomic E-state index is -0.423. The number of carbonyl (C=O) groups is 2. The molecule has 1 spiro atoms. The van der Waals surface area contributed by atoms with Gasteiger partial charge in [0.1, 0.15) is 5.82 Å². The van der Waals surface area contributed by atoms with Crippen molar-refractivity contribution in [2.45, 2.75) is 25.2 Å². The standard InChI is InChI=1S/C15H12N2O.C3H7NO/c18-14-15(12-6-3-7-16-13(12)17-14)8-10-4-1-2-5-11(10)9-15;1-3(5)4-2/h1-7H,8-9H2,(H,16,17,18);1-2H3,(H,4,5). The number of hydrogen-bond acceptors (Lipinski definition) is 3. The van der Waals surface area contributed by atoms with Crippen molar-refractivity contribution in [3.05, 3.63) is 59.3 Å². The summed E-state index contributed by atoms with van der Waals surface area (Å²) in [7, 11) is 1.60. The van der Waals surface area contributed by atoms with Crippen molar-refractivity contribution in [3.63, 3.8) is 0 Å². The Kier molecular flexibility index (Phi) is 3.86. The molecule has 2 heterocycles. The molecular formula is C18H19N3O2. The number of nitrogens with zero attached hydrogens (tertiary/aromatic N) is 1. The number of anilines is 1. The zero-order valence-electron chi connectivity index (χ0n) is 13.2. The molecule has 0 unspecified atom stereocenters. The van der Waals surface area contributed by atoms with Crippen LogP contribution in [0.3, 0.4) is 0 Å². The third-order valence-electron chi connectivity index (χ3n) is 4.44. The first kappa shape index (κ1) is 15.2. The highest BCUT2D eigenvalue weighted by atomic mass is 16.2. The molecule has 1 aliphatic carbocycles. The number of benzene rings is 1. The Morgan fingerprint density at radius 1 is 1.17 bits per heavy atom. The summed E-state index contributed by atoms with van der Waals surface area (Å²) in [6.07, 6.45) is 3.29. The van der Waals surface area contributed by atoms with Gasteiger partial charge in [-0.3, -0.25) is 9.59 Å². The monoisotopic (exact) mass is 309 g/mol. The summed E-state index contributed by atoms with van der Waals surface area (Å²) in [5.74, 6) is 0.827. The van der Waals surface area contributed by atoms with Gasteiger partial charge >= 0.3 is 0 Å². The maximum atomic E-state index is 12.4. The lowest BCUT2D eigenvalue weighted by Crippen LogP contribution is -2.35. The highest BCUT2D eigenvalue weighted by Crippen LogP contribution is 2.46. The van der Waals surface area contributed by atoms with Gasteiger partial charge in [0.15, 0.2) is 0 Å². The molecular weight excluding hydrogens is 290 g/mol. The Morgan fingerprint density at radius 3 is 2.35 bits per heavy atom. The summed E-state index contributed by atoms with van der Waals surface area (Å²) in [6, 6.07) is 12.2. The number of hydrogen-bond donors (Lipinski definition) is 2. The largest absolute Gasteiger partial charge is 0.359 e. The minimum absolute atomic E-state index is 0.00463. The molecule has 1 aliphatic heterocycles. The fourth-order valence-corrected chi connectivity index (χ4v) is 3.21. The predicted molar refractivity (Wildman–Crippen MR) is 88.1 cm³/mol. The summed E-state index contributed by atoms with van der Waals surface area (Å²) in [6.45, 7) is 1.47. The van der Waals surface area contributed by atoms with Crippen LogP contribution in [0.1, 0.15) is 23.6 Å². The summed E-state index contributed by atoms with van der Waals surface area (Å²) in [4.78, 5) is 26.3. The van der Waals surface area contributed by atoms with Crippen molar-refractivity contribution >= 4 is 17.6 Å². The van der Waals surface area contributed by atoms with Gasteiger partial charge in [0.05, 0.1) is 5.41 Å². The van der Waals surface area contributed by atoms with Gasteiger partial charge in [0.2, 0.25) is 11.8 Å². The fraction of sp³-hybridized carbons (Fsp3) is 0.278. The number of pyridine rings is 1. The summed E-state index contributed by atoms with van der Waals surface area (Å²) < 4.78 is 0. The molecule has 0 atom stereocenters. The van der Waals surface area contributed by atoms with Crippen LogP contribution < -0.4 is 10.6 Å². The molecule has 0 radical (unpaired) electrons. The van der Waals surface area contributed by atoms with E-state index in [1.54, 1.807) is 13.2 Å². The molecule has 0 fully saturated rings. The summed E-state index contributed by atoms with van der Waals surface area (Å²) >= 11 is 0. The van der Waals surface area contributed by atoms with Crippen molar-refractivity contribution in [1.29, 1.82) is 0 Å². The zero-order chi connectivity index (χ0) is 16.4. The second-order valence-corrected chi connectivity index (χ2v) is 5.86. The molecule has 118 valence electrons. The van der Waals surface area contributed by atoms with Gasteiger partial charge in [0, 0.05) is 25.7 Å². The maximum Gasteiger partial charge on any atom is 0.237 e. The first-order valence-corrected chi connectivity index (χ1v) is 7.59. The predicted octanol–water partition coefficient (Wildman–Crippen LogP) is 1.82. The van der Waals surface area contributed by atoms with E-state index < -0.39 is 5.41 Å². The van der Waals surface area contributed by atoms with Crippen LogP contribution >= 0.6 is 0 Å². The molecule has 2 aliphatic rings. The van der Waals surface area contributed by atoms with E-state index in [1.807, 2.05) is 24.3 Å². The molecule has 2 aromatic rings. The van der Waals surface area contributed by atoms with E-state index in [2.05, 4.69) is 27.8 Å². The van der Waals surface area contributed by atoms with Gasteiger partial charge in [-0.2, -0.15) is 0 Å².